The summed E-state index contributed by atoms with van der Waals surface area (Å²) in [6, 6.07) is 27.3. The topological polar surface area (TPSA) is 92.2 Å². The maximum Gasteiger partial charge on any atom is 0.266 e. The molecule has 0 bridgehead atoms. The fourth-order valence-electron chi connectivity index (χ4n) is 4.84. The first-order chi connectivity index (χ1) is 21.3. The van der Waals surface area contributed by atoms with E-state index in [-0.39, 0.29) is 18.9 Å². The van der Waals surface area contributed by atoms with E-state index in [4.69, 9.17) is 54.4 Å². The van der Waals surface area contributed by atoms with Crippen LogP contribution in [0.3, 0.4) is 0 Å². The largest absolute Gasteiger partial charge is 0.494 e. The number of benzene rings is 4. The van der Waals surface area contributed by atoms with Crippen molar-refractivity contribution in [1.82, 2.24) is 10.9 Å². The van der Waals surface area contributed by atoms with Crippen molar-refractivity contribution in [2.24, 2.45) is 4.99 Å². The zero-order chi connectivity index (χ0) is 31.1. The van der Waals surface area contributed by atoms with Crippen LogP contribution in [0, 0.1) is 0 Å². The molecule has 0 aromatic heterocycles. The van der Waals surface area contributed by atoms with Gasteiger partial charge in [0.25, 0.3) is 5.91 Å². The summed E-state index contributed by atoms with van der Waals surface area (Å²) in [6.45, 7) is 0.797. The van der Waals surface area contributed by atoms with Crippen molar-refractivity contribution < 1.29 is 19.4 Å². The van der Waals surface area contributed by atoms with E-state index in [2.05, 4.69) is 26.8 Å². The summed E-state index contributed by atoms with van der Waals surface area (Å²) in [6.07, 6.45) is -0.176. The first-order valence-corrected chi connectivity index (χ1v) is 15.8. The molecule has 0 radical (unpaired) electrons. The average molecular weight is 718 g/mol. The number of rotatable bonds is 12. The summed E-state index contributed by atoms with van der Waals surface area (Å²) in [5, 5.41) is 10.5. The van der Waals surface area contributed by atoms with E-state index in [1.54, 1.807) is 42.5 Å². The zero-order valence-corrected chi connectivity index (χ0v) is 27.3. The maximum absolute atomic E-state index is 14.4. The Morgan fingerprint density at radius 2 is 1.70 bits per heavy atom. The Balaban J connectivity index is 1.54. The SMILES string of the molecule is O=C(NNCc1ccc(Cl)cc1)[C@@]1(Cc2ccccc2Br)N=C(c2ccc(OCCCO)cc2)O[C@H]1c1ccc(Cl)cc1Cl. The Kier molecular flexibility index (Phi) is 10.8. The van der Waals surface area contributed by atoms with Crippen LogP contribution in [0.2, 0.25) is 15.1 Å². The number of hydrogen-bond donors (Lipinski definition) is 3. The summed E-state index contributed by atoms with van der Waals surface area (Å²) in [7, 11) is 0. The molecule has 1 aliphatic rings. The zero-order valence-electron chi connectivity index (χ0n) is 23.4. The lowest BCUT2D eigenvalue weighted by Crippen LogP contribution is -2.53. The van der Waals surface area contributed by atoms with Crippen LogP contribution in [0.25, 0.3) is 0 Å². The standard InChI is InChI=1S/C33H29BrCl3N3O4/c34-28-5-2-1-4-23(28)19-33(32(42)40-38-20-21-6-10-24(35)11-7-21)30(27-15-12-25(36)18-29(27)37)44-31(39-33)22-8-13-26(14-9-22)43-17-3-16-41/h1-2,4-15,18,30,38,41H,3,16-17,19-20H2,(H,40,42)/t30-,33-/m0/s1. The second-order valence-corrected chi connectivity index (χ2v) is 12.3. The number of aliphatic imine (C=N–C) groups is 1. The number of amides is 1. The Bertz CT molecular complexity index is 1640. The first kappa shape index (κ1) is 32.3. The molecule has 0 saturated carbocycles. The predicted molar refractivity (Wildman–Crippen MR) is 177 cm³/mol. The van der Waals surface area contributed by atoms with Gasteiger partial charge in [-0.05, 0) is 65.7 Å². The highest BCUT2D eigenvalue weighted by atomic mass is 79.9. The van der Waals surface area contributed by atoms with E-state index in [1.165, 1.54) is 0 Å². The average Bonchev–Trinajstić information content (AvgIpc) is 3.40. The van der Waals surface area contributed by atoms with E-state index >= 15 is 0 Å². The van der Waals surface area contributed by atoms with Gasteiger partial charge >= 0.3 is 0 Å². The molecular weight excluding hydrogens is 689 g/mol. The van der Waals surface area contributed by atoms with E-state index < -0.39 is 17.6 Å². The van der Waals surface area contributed by atoms with E-state index in [1.807, 2.05) is 48.5 Å². The summed E-state index contributed by atoms with van der Waals surface area (Å²) >= 11 is 22.6. The van der Waals surface area contributed by atoms with Crippen molar-refractivity contribution >= 4 is 62.5 Å². The van der Waals surface area contributed by atoms with Crippen molar-refractivity contribution in [2.75, 3.05) is 13.2 Å². The number of nitrogens with zero attached hydrogens (tertiary/aromatic N) is 1. The van der Waals surface area contributed by atoms with Crippen molar-refractivity contribution in [2.45, 2.75) is 31.0 Å². The molecule has 11 heteroatoms. The van der Waals surface area contributed by atoms with Crippen LogP contribution in [0.1, 0.15) is 34.8 Å². The van der Waals surface area contributed by atoms with E-state index in [0.717, 1.165) is 15.6 Å². The number of carbonyl (C=O) groups excluding carboxylic acids is 1. The number of hydrazine groups is 1. The summed E-state index contributed by atoms with van der Waals surface area (Å²) in [5.41, 5.74) is 7.45. The fraction of sp³-hybridized carbons (Fsp3) is 0.212. The Labute approximate surface area is 279 Å². The number of hydrogen-bond acceptors (Lipinski definition) is 6. The number of ether oxygens (including phenoxy) is 2. The number of aliphatic hydroxyl groups excluding tert-OH is 1. The van der Waals surface area contributed by atoms with Gasteiger partial charge in [-0.25, -0.2) is 10.4 Å². The lowest BCUT2D eigenvalue weighted by molar-refractivity contribution is -0.130. The summed E-state index contributed by atoms with van der Waals surface area (Å²) in [4.78, 5) is 19.4. The molecule has 0 spiro atoms. The van der Waals surface area contributed by atoms with Crippen LogP contribution < -0.4 is 15.6 Å². The third-order valence-corrected chi connectivity index (χ3v) is 8.69. The van der Waals surface area contributed by atoms with Crippen LogP contribution >= 0.6 is 50.7 Å². The van der Waals surface area contributed by atoms with Crippen LogP contribution in [0.4, 0.5) is 0 Å². The van der Waals surface area contributed by atoms with Crippen LogP contribution in [-0.4, -0.2) is 35.7 Å². The molecule has 4 aromatic carbocycles. The molecule has 2 atom stereocenters. The van der Waals surface area contributed by atoms with Crippen molar-refractivity contribution in [3.8, 4) is 5.75 Å². The smallest absolute Gasteiger partial charge is 0.266 e. The highest BCUT2D eigenvalue weighted by Crippen LogP contribution is 2.45. The maximum atomic E-state index is 14.4. The summed E-state index contributed by atoms with van der Waals surface area (Å²) in [5.74, 6) is 0.515. The Morgan fingerprint density at radius 3 is 2.41 bits per heavy atom. The van der Waals surface area contributed by atoms with Crippen molar-refractivity contribution in [3.05, 3.63) is 133 Å². The third-order valence-electron chi connectivity index (χ3n) is 7.10. The summed E-state index contributed by atoms with van der Waals surface area (Å²) < 4.78 is 13.1. The fourth-order valence-corrected chi connectivity index (χ4v) is 5.90. The van der Waals surface area contributed by atoms with Gasteiger partial charge in [0.15, 0.2) is 11.6 Å². The molecule has 1 heterocycles. The molecule has 1 aliphatic heterocycles. The number of aliphatic hydroxyl groups is 1. The number of nitrogens with one attached hydrogen (secondary N) is 2. The highest BCUT2D eigenvalue weighted by molar-refractivity contribution is 9.10. The van der Waals surface area contributed by atoms with Gasteiger partial charge in [0, 0.05) is 56.7 Å². The normalized spacial score (nSPS) is 17.6. The molecule has 0 aliphatic carbocycles. The van der Waals surface area contributed by atoms with Gasteiger partial charge in [0.1, 0.15) is 5.75 Å². The molecule has 44 heavy (non-hydrogen) atoms. The minimum absolute atomic E-state index is 0.0492. The van der Waals surface area contributed by atoms with Gasteiger partial charge in [0.2, 0.25) is 5.90 Å². The Hall–Kier alpha value is -3.11. The van der Waals surface area contributed by atoms with Gasteiger partial charge in [-0.1, -0.05) is 87.1 Å². The van der Waals surface area contributed by atoms with Gasteiger partial charge < -0.3 is 14.6 Å². The highest BCUT2D eigenvalue weighted by Gasteiger charge is 2.54. The lowest BCUT2D eigenvalue weighted by Gasteiger charge is -2.31. The van der Waals surface area contributed by atoms with Gasteiger partial charge in [-0.2, -0.15) is 0 Å². The monoisotopic (exact) mass is 715 g/mol. The van der Waals surface area contributed by atoms with Crippen LogP contribution in [-0.2, 0) is 22.5 Å². The van der Waals surface area contributed by atoms with E-state index in [0.29, 0.717) is 51.5 Å². The molecule has 7 nitrogen and oxygen atoms in total. The van der Waals surface area contributed by atoms with Crippen LogP contribution in [0.5, 0.6) is 5.75 Å². The molecule has 4 aromatic rings. The second-order valence-electron chi connectivity index (χ2n) is 10.2. The molecule has 0 unspecified atom stereocenters. The molecule has 0 fully saturated rings. The van der Waals surface area contributed by atoms with Gasteiger partial charge in [-0.3, -0.25) is 10.2 Å². The molecule has 5 rings (SSSR count). The molecule has 228 valence electrons. The molecule has 3 N–H and O–H groups in total. The van der Waals surface area contributed by atoms with Gasteiger partial charge in [-0.15, -0.1) is 0 Å². The number of halogens is 4. The minimum atomic E-state index is -1.47. The van der Waals surface area contributed by atoms with Crippen molar-refractivity contribution in [1.29, 1.82) is 0 Å². The predicted octanol–water partition coefficient (Wildman–Crippen LogP) is 7.49. The molecule has 1 amide bonds. The number of carbonyl (C=O) groups is 1. The van der Waals surface area contributed by atoms with Gasteiger partial charge in [0.05, 0.1) is 6.61 Å². The molecular formula is C33H29BrCl3N3O4. The first-order valence-electron chi connectivity index (χ1n) is 13.9. The third kappa shape index (κ3) is 7.57. The minimum Gasteiger partial charge on any atom is -0.494 e. The quantitative estimate of drug-likeness (QED) is 0.104. The lowest BCUT2D eigenvalue weighted by atomic mass is 9.82. The van der Waals surface area contributed by atoms with Crippen LogP contribution in [0.15, 0.2) is 100 Å². The molecule has 0 saturated heterocycles. The van der Waals surface area contributed by atoms with Crippen molar-refractivity contribution in [3.63, 3.8) is 0 Å². The Morgan fingerprint density at radius 1 is 0.977 bits per heavy atom. The second kappa shape index (κ2) is 14.8. The van der Waals surface area contributed by atoms with E-state index in [9.17, 15) is 4.79 Å².